The van der Waals surface area contributed by atoms with Crippen molar-refractivity contribution in [1.29, 1.82) is 0 Å². The van der Waals surface area contributed by atoms with E-state index in [1.807, 2.05) is 17.7 Å². The molecule has 2 heterocycles. The number of aromatic nitrogens is 3. The number of aryl methyl sites for hydroxylation is 1. The molecule has 5 heteroatoms. The van der Waals surface area contributed by atoms with Crippen molar-refractivity contribution in [3.8, 4) is 0 Å². The molecule has 0 bridgehead atoms. The third kappa shape index (κ3) is 1.70. The van der Waals surface area contributed by atoms with Crippen LogP contribution in [0.15, 0.2) is 18.5 Å². The van der Waals surface area contributed by atoms with Crippen LogP contribution in [-0.4, -0.2) is 14.8 Å². The third-order valence-electron chi connectivity index (χ3n) is 1.81. The maximum absolute atomic E-state index is 5.52. The Morgan fingerprint density at radius 2 is 2.46 bits per heavy atom. The summed E-state index contributed by atoms with van der Waals surface area (Å²) in [5.74, 6) is 0. The fourth-order valence-corrected chi connectivity index (χ4v) is 1.77. The van der Waals surface area contributed by atoms with Gasteiger partial charge in [0.15, 0.2) is 5.13 Å². The van der Waals surface area contributed by atoms with E-state index >= 15 is 0 Å². The van der Waals surface area contributed by atoms with Crippen molar-refractivity contribution in [3.05, 3.63) is 29.0 Å². The lowest BCUT2D eigenvalue weighted by Gasteiger charge is -1.99. The molecule has 0 unspecified atom stereocenters. The first kappa shape index (κ1) is 8.25. The number of nitrogens with zero attached hydrogens (tertiary/aromatic N) is 3. The van der Waals surface area contributed by atoms with Gasteiger partial charge in [0.1, 0.15) is 0 Å². The van der Waals surface area contributed by atoms with E-state index in [4.69, 9.17) is 5.73 Å². The second kappa shape index (κ2) is 3.18. The Morgan fingerprint density at radius 3 is 3.00 bits per heavy atom. The van der Waals surface area contributed by atoms with Crippen molar-refractivity contribution in [2.75, 3.05) is 5.73 Å². The first-order valence-corrected chi connectivity index (χ1v) is 4.76. The highest BCUT2D eigenvalue weighted by Gasteiger charge is 2.01. The number of hydrogen-bond acceptors (Lipinski definition) is 4. The Bertz CT molecular complexity index is 404. The Balaban J connectivity index is 2.19. The zero-order valence-corrected chi connectivity index (χ0v) is 8.08. The molecule has 0 aliphatic rings. The Kier molecular flexibility index (Phi) is 2.02. The molecule has 0 aliphatic carbocycles. The molecule has 0 saturated heterocycles. The minimum atomic E-state index is 0.611. The number of anilines is 1. The number of nitrogen functional groups attached to an aromatic ring is 1. The molecule has 0 atom stereocenters. The number of thiazole rings is 1. The number of nitrogens with two attached hydrogens (primary N) is 1. The molecule has 2 rings (SSSR count). The van der Waals surface area contributed by atoms with E-state index < -0.39 is 0 Å². The smallest absolute Gasteiger partial charge is 0.180 e. The quantitative estimate of drug-likeness (QED) is 0.783. The van der Waals surface area contributed by atoms with Crippen LogP contribution in [0.4, 0.5) is 5.13 Å². The van der Waals surface area contributed by atoms with Gasteiger partial charge in [0.2, 0.25) is 0 Å². The molecule has 4 nitrogen and oxygen atoms in total. The van der Waals surface area contributed by atoms with Gasteiger partial charge in [-0.25, -0.2) is 4.98 Å². The van der Waals surface area contributed by atoms with E-state index in [0.29, 0.717) is 5.13 Å². The number of hydrogen-bond donors (Lipinski definition) is 1. The van der Waals surface area contributed by atoms with Gasteiger partial charge in [0.25, 0.3) is 0 Å². The van der Waals surface area contributed by atoms with Crippen LogP contribution in [-0.2, 0) is 6.54 Å². The molecule has 2 aromatic heterocycles. The highest BCUT2D eigenvalue weighted by molar-refractivity contribution is 7.15. The van der Waals surface area contributed by atoms with Crippen LogP contribution in [0.3, 0.4) is 0 Å². The summed E-state index contributed by atoms with van der Waals surface area (Å²) < 4.78 is 1.92. The van der Waals surface area contributed by atoms with E-state index in [2.05, 4.69) is 10.1 Å². The van der Waals surface area contributed by atoms with Crippen molar-refractivity contribution in [2.24, 2.45) is 0 Å². The zero-order valence-electron chi connectivity index (χ0n) is 7.27. The minimum absolute atomic E-state index is 0.611. The van der Waals surface area contributed by atoms with Crippen LogP contribution in [0.25, 0.3) is 0 Å². The molecule has 0 saturated carbocycles. The molecule has 0 amide bonds. The van der Waals surface area contributed by atoms with Gasteiger partial charge >= 0.3 is 0 Å². The molecule has 0 fully saturated rings. The van der Waals surface area contributed by atoms with Gasteiger partial charge in [0, 0.05) is 23.0 Å². The average molecular weight is 194 g/mol. The van der Waals surface area contributed by atoms with Crippen LogP contribution in [0.1, 0.15) is 10.6 Å². The molecule has 0 spiro atoms. The predicted molar refractivity (Wildman–Crippen MR) is 52.6 cm³/mol. The van der Waals surface area contributed by atoms with Crippen LogP contribution >= 0.6 is 11.3 Å². The summed E-state index contributed by atoms with van der Waals surface area (Å²) in [6.07, 6.45) is 3.58. The maximum atomic E-state index is 5.52. The summed E-state index contributed by atoms with van der Waals surface area (Å²) in [6.45, 7) is 2.78. The lowest BCUT2D eigenvalue weighted by molar-refractivity contribution is 0.671. The van der Waals surface area contributed by atoms with Crippen LogP contribution in [0.5, 0.6) is 0 Å². The van der Waals surface area contributed by atoms with Crippen molar-refractivity contribution in [1.82, 2.24) is 14.8 Å². The molecule has 2 N–H and O–H groups in total. The molecule has 0 radical (unpaired) electrons. The van der Waals surface area contributed by atoms with E-state index in [1.165, 1.54) is 11.3 Å². The van der Waals surface area contributed by atoms with Crippen molar-refractivity contribution < 1.29 is 0 Å². The molecule has 2 aromatic rings. The lowest BCUT2D eigenvalue weighted by atomic mass is 10.4. The SMILES string of the molecule is Cc1ccnn1Cc1cnc(N)s1. The summed E-state index contributed by atoms with van der Waals surface area (Å²) in [4.78, 5) is 5.11. The second-order valence-corrected chi connectivity index (χ2v) is 3.94. The third-order valence-corrected chi connectivity index (χ3v) is 2.62. The minimum Gasteiger partial charge on any atom is -0.375 e. The predicted octanol–water partition coefficient (Wildman–Crippen LogP) is 1.28. The average Bonchev–Trinajstić information content (AvgIpc) is 2.64. The van der Waals surface area contributed by atoms with Crippen LogP contribution < -0.4 is 5.73 Å². The molecule has 0 aliphatic heterocycles. The van der Waals surface area contributed by atoms with E-state index in [9.17, 15) is 0 Å². The van der Waals surface area contributed by atoms with Gasteiger partial charge in [-0.2, -0.15) is 5.10 Å². The maximum Gasteiger partial charge on any atom is 0.180 e. The van der Waals surface area contributed by atoms with Crippen molar-refractivity contribution >= 4 is 16.5 Å². The van der Waals surface area contributed by atoms with Gasteiger partial charge in [0.05, 0.1) is 6.54 Å². The van der Waals surface area contributed by atoms with Gasteiger partial charge in [-0.1, -0.05) is 0 Å². The largest absolute Gasteiger partial charge is 0.375 e. The Labute approximate surface area is 80.0 Å². The van der Waals surface area contributed by atoms with E-state index in [0.717, 1.165) is 17.1 Å². The topological polar surface area (TPSA) is 56.7 Å². The molecule has 0 aromatic carbocycles. The molecular formula is C8H10N4S. The highest BCUT2D eigenvalue weighted by atomic mass is 32.1. The summed E-state index contributed by atoms with van der Waals surface area (Å²) in [5, 5.41) is 4.79. The summed E-state index contributed by atoms with van der Waals surface area (Å²) in [6, 6.07) is 1.98. The summed E-state index contributed by atoms with van der Waals surface area (Å²) >= 11 is 1.50. The van der Waals surface area contributed by atoms with E-state index in [-0.39, 0.29) is 0 Å². The van der Waals surface area contributed by atoms with Crippen LogP contribution in [0, 0.1) is 6.92 Å². The second-order valence-electron chi connectivity index (χ2n) is 2.80. The van der Waals surface area contributed by atoms with Crippen molar-refractivity contribution in [2.45, 2.75) is 13.5 Å². The molecule has 68 valence electrons. The highest BCUT2D eigenvalue weighted by Crippen LogP contribution is 2.15. The van der Waals surface area contributed by atoms with Gasteiger partial charge in [-0.05, 0) is 13.0 Å². The first-order chi connectivity index (χ1) is 6.25. The summed E-state index contributed by atoms with van der Waals surface area (Å²) in [5.41, 5.74) is 6.67. The van der Waals surface area contributed by atoms with Gasteiger partial charge in [-0.3, -0.25) is 4.68 Å². The van der Waals surface area contributed by atoms with Gasteiger partial charge in [-0.15, -0.1) is 11.3 Å². The summed E-state index contributed by atoms with van der Waals surface area (Å²) in [7, 11) is 0. The fraction of sp³-hybridized carbons (Fsp3) is 0.250. The van der Waals surface area contributed by atoms with Crippen molar-refractivity contribution in [3.63, 3.8) is 0 Å². The zero-order chi connectivity index (χ0) is 9.26. The first-order valence-electron chi connectivity index (χ1n) is 3.94. The Morgan fingerprint density at radius 1 is 1.62 bits per heavy atom. The monoisotopic (exact) mass is 194 g/mol. The lowest BCUT2D eigenvalue weighted by Crippen LogP contribution is -2.01. The number of rotatable bonds is 2. The van der Waals surface area contributed by atoms with E-state index in [1.54, 1.807) is 12.4 Å². The molecule has 13 heavy (non-hydrogen) atoms. The standard InChI is InChI=1S/C8H10N4S/c1-6-2-3-11-12(6)5-7-4-10-8(9)13-7/h2-4H,5H2,1H3,(H2,9,10). The van der Waals surface area contributed by atoms with Gasteiger partial charge < -0.3 is 5.73 Å². The Hall–Kier alpha value is -1.36. The molecular weight excluding hydrogens is 184 g/mol. The fourth-order valence-electron chi connectivity index (χ4n) is 1.11. The van der Waals surface area contributed by atoms with Crippen LogP contribution in [0.2, 0.25) is 0 Å². The normalized spacial score (nSPS) is 10.5.